The maximum atomic E-state index is 12.2. The van der Waals surface area contributed by atoms with E-state index in [0.29, 0.717) is 27.9 Å². The van der Waals surface area contributed by atoms with Crippen molar-refractivity contribution in [3.63, 3.8) is 0 Å². The van der Waals surface area contributed by atoms with Gasteiger partial charge in [-0.25, -0.2) is 0 Å². The predicted molar refractivity (Wildman–Crippen MR) is 100 cm³/mol. The van der Waals surface area contributed by atoms with E-state index < -0.39 is 0 Å². The first-order chi connectivity index (χ1) is 12.0. The Morgan fingerprint density at radius 3 is 2.08 bits per heavy atom. The van der Waals surface area contributed by atoms with E-state index in [1.165, 1.54) is 0 Å². The minimum Gasteiger partial charge on any atom is -0.326 e. The van der Waals surface area contributed by atoms with Gasteiger partial charge in [0.1, 0.15) is 0 Å². The number of halogens is 1. The van der Waals surface area contributed by atoms with Gasteiger partial charge in [-0.2, -0.15) is 0 Å². The van der Waals surface area contributed by atoms with E-state index in [0.717, 1.165) is 13.1 Å². The third kappa shape index (κ3) is 4.38. The molecule has 0 saturated carbocycles. The monoisotopic (exact) mass is 357 g/mol. The molecule has 1 atom stereocenters. The number of nitrogens with one attached hydrogen (secondary N) is 3. The molecule has 2 amide bonds. The van der Waals surface area contributed by atoms with E-state index in [-0.39, 0.29) is 17.7 Å². The number of carbonyl (C=O) groups excluding carboxylic acids is 2. The zero-order valence-electron chi connectivity index (χ0n) is 13.9. The Labute approximate surface area is 151 Å². The molecule has 1 heterocycles. The normalized spacial score (nSPS) is 15.1. The molecule has 0 bridgehead atoms. The molecule has 1 aliphatic rings. The van der Waals surface area contributed by atoms with Crippen LogP contribution in [0.3, 0.4) is 0 Å². The minimum absolute atomic E-state index is 0.0180. The average Bonchev–Trinajstić information content (AvgIpc) is 2.55. The molecule has 2 aromatic carbocycles. The van der Waals surface area contributed by atoms with E-state index >= 15 is 0 Å². The summed E-state index contributed by atoms with van der Waals surface area (Å²) in [6, 6.07) is 13.8. The van der Waals surface area contributed by atoms with Crippen molar-refractivity contribution in [1.29, 1.82) is 0 Å². The summed E-state index contributed by atoms with van der Waals surface area (Å²) in [7, 11) is 0. The summed E-state index contributed by atoms with van der Waals surface area (Å²) in [5.41, 5.74) is 1.91. The summed E-state index contributed by atoms with van der Waals surface area (Å²) < 4.78 is 0. The number of hydrogen-bond acceptors (Lipinski definition) is 3. The lowest BCUT2D eigenvalue weighted by molar-refractivity contribution is -0.121. The highest BCUT2D eigenvalue weighted by atomic mass is 35.5. The van der Waals surface area contributed by atoms with Crippen LogP contribution in [0, 0.1) is 11.8 Å². The molecule has 25 heavy (non-hydrogen) atoms. The molecular weight excluding hydrogens is 338 g/mol. The summed E-state index contributed by atoms with van der Waals surface area (Å²) in [5.74, 6) is 0.187. The van der Waals surface area contributed by atoms with Gasteiger partial charge in [-0.3, -0.25) is 9.59 Å². The first-order valence-corrected chi connectivity index (χ1v) is 8.59. The molecule has 5 nitrogen and oxygen atoms in total. The molecule has 0 aliphatic carbocycles. The molecule has 1 fully saturated rings. The Hall–Kier alpha value is -2.37. The zero-order valence-corrected chi connectivity index (χ0v) is 14.6. The first-order valence-electron chi connectivity index (χ1n) is 8.21. The van der Waals surface area contributed by atoms with Gasteiger partial charge in [-0.05, 0) is 67.5 Å². The Morgan fingerprint density at radius 1 is 1.00 bits per heavy atom. The first kappa shape index (κ1) is 17.5. The van der Waals surface area contributed by atoms with Crippen molar-refractivity contribution in [2.24, 2.45) is 11.8 Å². The Kier molecular flexibility index (Phi) is 5.36. The highest BCUT2D eigenvalue weighted by Crippen LogP contribution is 2.20. The topological polar surface area (TPSA) is 70.2 Å². The van der Waals surface area contributed by atoms with Crippen LogP contribution in [0.15, 0.2) is 48.5 Å². The van der Waals surface area contributed by atoms with Crippen molar-refractivity contribution < 1.29 is 9.59 Å². The fourth-order valence-corrected chi connectivity index (χ4v) is 2.70. The van der Waals surface area contributed by atoms with Crippen molar-refractivity contribution in [2.45, 2.75) is 6.92 Å². The molecule has 130 valence electrons. The predicted octanol–water partition coefficient (Wildman–Crippen LogP) is 3.39. The highest BCUT2D eigenvalue weighted by molar-refractivity contribution is 6.30. The van der Waals surface area contributed by atoms with Gasteiger partial charge >= 0.3 is 0 Å². The largest absolute Gasteiger partial charge is 0.326 e. The third-order valence-electron chi connectivity index (χ3n) is 4.45. The second kappa shape index (κ2) is 7.68. The van der Waals surface area contributed by atoms with Gasteiger partial charge in [0.15, 0.2) is 0 Å². The smallest absolute Gasteiger partial charge is 0.255 e. The summed E-state index contributed by atoms with van der Waals surface area (Å²) in [6.45, 7) is 3.73. The van der Waals surface area contributed by atoms with Crippen molar-refractivity contribution >= 4 is 34.8 Å². The average molecular weight is 358 g/mol. The van der Waals surface area contributed by atoms with Crippen LogP contribution in [-0.4, -0.2) is 24.9 Å². The van der Waals surface area contributed by atoms with Crippen LogP contribution in [0.25, 0.3) is 0 Å². The van der Waals surface area contributed by atoms with Gasteiger partial charge in [0.25, 0.3) is 5.91 Å². The lowest BCUT2D eigenvalue weighted by Gasteiger charge is -2.31. The van der Waals surface area contributed by atoms with Crippen LogP contribution in [0.1, 0.15) is 17.3 Å². The lowest BCUT2D eigenvalue weighted by Crippen LogP contribution is -2.48. The van der Waals surface area contributed by atoms with Gasteiger partial charge < -0.3 is 16.0 Å². The van der Waals surface area contributed by atoms with E-state index in [4.69, 9.17) is 11.6 Å². The zero-order chi connectivity index (χ0) is 17.8. The third-order valence-corrected chi connectivity index (χ3v) is 4.70. The summed E-state index contributed by atoms with van der Waals surface area (Å²) in [5, 5.41) is 9.49. The number of hydrogen-bond donors (Lipinski definition) is 3. The summed E-state index contributed by atoms with van der Waals surface area (Å²) >= 11 is 5.82. The fourth-order valence-electron chi connectivity index (χ4n) is 2.58. The van der Waals surface area contributed by atoms with E-state index in [9.17, 15) is 9.59 Å². The van der Waals surface area contributed by atoms with Gasteiger partial charge in [0, 0.05) is 27.9 Å². The second-order valence-corrected chi connectivity index (χ2v) is 6.67. The molecular formula is C19H20ClN3O2. The van der Waals surface area contributed by atoms with Crippen LogP contribution in [0.5, 0.6) is 0 Å². The van der Waals surface area contributed by atoms with E-state index in [1.807, 2.05) is 6.92 Å². The molecule has 1 unspecified atom stereocenters. The quantitative estimate of drug-likeness (QED) is 0.768. The van der Waals surface area contributed by atoms with Gasteiger partial charge in [0.2, 0.25) is 5.91 Å². The molecule has 3 rings (SSSR count). The number of rotatable bonds is 5. The van der Waals surface area contributed by atoms with Crippen LogP contribution in [-0.2, 0) is 4.79 Å². The number of benzene rings is 2. The van der Waals surface area contributed by atoms with Crippen LogP contribution in [0.4, 0.5) is 11.4 Å². The number of carbonyl (C=O) groups is 2. The highest BCUT2D eigenvalue weighted by Gasteiger charge is 2.28. The van der Waals surface area contributed by atoms with Crippen LogP contribution < -0.4 is 16.0 Å². The van der Waals surface area contributed by atoms with E-state index in [1.54, 1.807) is 48.5 Å². The molecule has 2 aromatic rings. The SMILES string of the molecule is CC(C(=O)Nc1ccc(NC(=O)c2ccc(Cl)cc2)cc1)C1CNC1. The Bertz CT molecular complexity index is 755. The molecule has 3 N–H and O–H groups in total. The van der Waals surface area contributed by atoms with Crippen LogP contribution in [0.2, 0.25) is 5.02 Å². The molecule has 0 radical (unpaired) electrons. The number of anilines is 2. The maximum Gasteiger partial charge on any atom is 0.255 e. The van der Waals surface area contributed by atoms with Gasteiger partial charge in [-0.1, -0.05) is 18.5 Å². The Morgan fingerprint density at radius 2 is 1.56 bits per heavy atom. The number of amides is 2. The molecule has 6 heteroatoms. The van der Waals surface area contributed by atoms with E-state index in [2.05, 4.69) is 16.0 Å². The van der Waals surface area contributed by atoms with Crippen molar-refractivity contribution in [1.82, 2.24) is 5.32 Å². The van der Waals surface area contributed by atoms with Gasteiger partial charge in [0.05, 0.1) is 0 Å². The molecule has 0 spiro atoms. The Balaban J connectivity index is 1.57. The van der Waals surface area contributed by atoms with Crippen LogP contribution >= 0.6 is 11.6 Å². The maximum absolute atomic E-state index is 12.2. The minimum atomic E-state index is -0.209. The van der Waals surface area contributed by atoms with Crippen molar-refractivity contribution in [3.05, 3.63) is 59.1 Å². The lowest BCUT2D eigenvalue weighted by atomic mass is 9.88. The van der Waals surface area contributed by atoms with Crippen molar-refractivity contribution in [3.8, 4) is 0 Å². The second-order valence-electron chi connectivity index (χ2n) is 6.23. The van der Waals surface area contributed by atoms with Crippen molar-refractivity contribution in [2.75, 3.05) is 23.7 Å². The molecule has 1 aliphatic heterocycles. The summed E-state index contributed by atoms with van der Waals surface area (Å²) in [4.78, 5) is 24.4. The summed E-state index contributed by atoms with van der Waals surface area (Å²) in [6.07, 6.45) is 0. The van der Waals surface area contributed by atoms with Gasteiger partial charge in [-0.15, -0.1) is 0 Å². The molecule has 1 saturated heterocycles. The molecule has 0 aromatic heterocycles. The fraction of sp³-hybridized carbons (Fsp3) is 0.263. The standard InChI is InChI=1S/C19H20ClN3O2/c1-12(14-10-21-11-14)18(24)22-16-6-8-17(9-7-16)23-19(25)13-2-4-15(20)5-3-13/h2-9,12,14,21H,10-11H2,1H3,(H,22,24)(H,23,25).